The number of hydrogen-bond donors (Lipinski definition) is 4. The van der Waals surface area contributed by atoms with Crippen LogP contribution in [0.2, 0.25) is 0 Å². The van der Waals surface area contributed by atoms with E-state index in [4.69, 9.17) is 25.2 Å². The van der Waals surface area contributed by atoms with Crippen LogP contribution >= 0.6 is 0 Å². The molecular formula is C6H16Na4O5. The van der Waals surface area contributed by atoms with Gasteiger partial charge in [-0.05, 0) is 0 Å². The first-order valence-electron chi connectivity index (χ1n) is 3.44. The first-order valence-corrected chi connectivity index (χ1v) is 3.44. The van der Waals surface area contributed by atoms with Gasteiger partial charge in [0.25, 0.3) is 0 Å². The Morgan fingerprint density at radius 1 is 0.733 bits per heavy atom. The van der Waals surface area contributed by atoms with Crippen LogP contribution in [0.5, 0.6) is 0 Å². The maximum atomic E-state index is 9.11. The molecule has 0 radical (unpaired) electrons. The van der Waals surface area contributed by atoms with Crippen LogP contribution in [-0.2, 0) is 4.74 Å². The second-order valence-electron chi connectivity index (χ2n) is 2.56. The van der Waals surface area contributed by atoms with E-state index in [-0.39, 0.29) is 131 Å². The van der Waals surface area contributed by atoms with E-state index in [9.17, 15) is 0 Å². The molecule has 1 aliphatic rings. The molecule has 0 aromatic rings. The van der Waals surface area contributed by atoms with Gasteiger partial charge in [0.2, 0.25) is 0 Å². The van der Waals surface area contributed by atoms with Crippen molar-refractivity contribution >= 4 is 118 Å². The predicted octanol–water partition coefficient (Wildman–Crippen LogP) is -5.13. The summed E-state index contributed by atoms with van der Waals surface area (Å²) in [6.45, 7) is -0.705. The Kier molecular flexibility index (Phi) is 25.8. The summed E-state index contributed by atoms with van der Waals surface area (Å²) < 4.78 is 4.88. The van der Waals surface area contributed by atoms with E-state index in [0.717, 1.165) is 0 Å². The third kappa shape index (κ3) is 7.84. The van der Waals surface area contributed by atoms with Crippen LogP contribution in [0, 0.1) is 0 Å². The van der Waals surface area contributed by atoms with Gasteiger partial charge < -0.3 is 25.2 Å². The van der Waals surface area contributed by atoms with Crippen molar-refractivity contribution in [2.45, 2.75) is 24.4 Å². The summed E-state index contributed by atoms with van der Waals surface area (Å²) >= 11 is 0. The average Bonchev–Trinajstić information content (AvgIpc) is 2.30. The fraction of sp³-hybridized carbons (Fsp3) is 1.00. The molecule has 0 aliphatic carbocycles. The molecule has 5 nitrogen and oxygen atoms in total. The SMILES string of the molecule is OC[C@H]1O[C@H](CO)[C@@H](O)[C@@H]1O.[NaH].[NaH].[NaH].[NaH]. The van der Waals surface area contributed by atoms with Gasteiger partial charge >= 0.3 is 118 Å². The molecule has 4 atom stereocenters. The fourth-order valence-electron chi connectivity index (χ4n) is 1.13. The van der Waals surface area contributed by atoms with Crippen LogP contribution in [0.15, 0.2) is 0 Å². The van der Waals surface area contributed by atoms with E-state index < -0.39 is 24.4 Å². The third-order valence-electron chi connectivity index (χ3n) is 1.82. The Morgan fingerprint density at radius 3 is 1.13 bits per heavy atom. The van der Waals surface area contributed by atoms with Crippen LogP contribution < -0.4 is 0 Å². The minimum absolute atomic E-state index is 0. The van der Waals surface area contributed by atoms with E-state index in [1.165, 1.54) is 0 Å². The Morgan fingerprint density at radius 2 is 1.00 bits per heavy atom. The molecule has 15 heavy (non-hydrogen) atoms. The van der Waals surface area contributed by atoms with Gasteiger partial charge in [-0.3, -0.25) is 0 Å². The van der Waals surface area contributed by atoms with Crippen LogP contribution in [0.1, 0.15) is 0 Å². The van der Waals surface area contributed by atoms with E-state index >= 15 is 0 Å². The van der Waals surface area contributed by atoms with Crippen LogP contribution in [-0.4, -0.2) is 176 Å². The Hall–Kier alpha value is 3.80. The van der Waals surface area contributed by atoms with Crippen molar-refractivity contribution in [3.05, 3.63) is 0 Å². The molecule has 1 heterocycles. The molecule has 1 fully saturated rings. The monoisotopic (exact) mass is 260 g/mol. The summed E-state index contributed by atoms with van der Waals surface area (Å²) in [7, 11) is 0. The van der Waals surface area contributed by atoms with Crippen LogP contribution in [0.4, 0.5) is 0 Å². The third-order valence-corrected chi connectivity index (χ3v) is 1.82. The molecule has 9 heteroatoms. The molecule has 74 valence electrons. The number of aliphatic hydroxyl groups is 4. The van der Waals surface area contributed by atoms with Crippen molar-refractivity contribution in [1.29, 1.82) is 0 Å². The Labute approximate surface area is 178 Å². The van der Waals surface area contributed by atoms with E-state index in [0.29, 0.717) is 0 Å². The molecule has 1 saturated heterocycles. The summed E-state index contributed by atoms with van der Waals surface area (Å²) in [6.07, 6.45) is -3.75. The van der Waals surface area contributed by atoms with Crippen LogP contribution in [0.3, 0.4) is 0 Å². The topological polar surface area (TPSA) is 90.2 Å². The Bertz CT molecular complexity index is 123. The van der Waals surface area contributed by atoms with Gasteiger partial charge in [-0.15, -0.1) is 0 Å². The van der Waals surface area contributed by atoms with Crippen molar-refractivity contribution in [3.63, 3.8) is 0 Å². The quantitative estimate of drug-likeness (QED) is 0.373. The Balaban J connectivity index is -0.000000151. The van der Waals surface area contributed by atoms with E-state index in [1.807, 2.05) is 0 Å². The minimum atomic E-state index is -1.10. The van der Waals surface area contributed by atoms with Crippen molar-refractivity contribution in [2.75, 3.05) is 13.2 Å². The zero-order valence-electron chi connectivity index (χ0n) is 5.92. The predicted molar refractivity (Wildman–Crippen MR) is 63.4 cm³/mol. The van der Waals surface area contributed by atoms with Crippen molar-refractivity contribution < 1.29 is 25.2 Å². The first kappa shape index (κ1) is 27.2. The maximum absolute atomic E-state index is 9.11. The van der Waals surface area contributed by atoms with Gasteiger partial charge in [-0.25, -0.2) is 0 Å². The van der Waals surface area contributed by atoms with Crippen molar-refractivity contribution in [2.24, 2.45) is 0 Å². The van der Waals surface area contributed by atoms with Crippen molar-refractivity contribution in [1.82, 2.24) is 0 Å². The van der Waals surface area contributed by atoms with Gasteiger partial charge in [0.05, 0.1) is 13.2 Å². The van der Waals surface area contributed by atoms with Gasteiger partial charge in [-0.1, -0.05) is 0 Å². The number of ether oxygens (including phenoxy) is 1. The molecule has 0 aromatic heterocycles. The first-order chi connectivity index (χ1) is 5.20. The molecule has 0 spiro atoms. The summed E-state index contributed by atoms with van der Waals surface area (Å²) in [5.74, 6) is 0. The number of hydrogen-bond acceptors (Lipinski definition) is 5. The van der Waals surface area contributed by atoms with Gasteiger partial charge in [0, 0.05) is 0 Å². The molecule has 0 aromatic carbocycles. The zero-order valence-corrected chi connectivity index (χ0v) is 5.92. The zero-order chi connectivity index (χ0) is 8.43. The molecule has 1 rings (SSSR count). The fourth-order valence-corrected chi connectivity index (χ4v) is 1.13. The summed E-state index contributed by atoms with van der Waals surface area (Å²) in [5, 5.41) is 35.4. The van der Waals surface area contributed by atoms with E-state index in [1.54, 1.807) is 0 Å². The molecule has 4 N–H and O–H groups in total. The molecule has 0 amide bonds. The van der Waals surface area contributed by atoms with Gasteiger partial charge in [0.1, 0.15) is 24.4 Å². The standard InChI is InChI=1S/C6H12O5.4Na.4H/c7-1-3-5(9)6(10)4(2-8)11-3;;;;;;;;/h3-10H,1-2H2;;;;;;;;/t3-,4-,5-,6-;;;;;;;;/m1......../s1. The second-order valence-corrected chi connectivity index (χ2v) is 2.56. The molecular weight excluding hydrogens is 244 g/mol. The molecule has 0 bridgehead atoms. The number of aliphatic hydroxyl groups excluding tert-OH is 4. The van der Waals surface area contributed by atoms with Gasteiger partial charge in [0.15, 0.2) is 0 Å². The van der Waals surface area contributed by atoms with E-state index in [2.05, 4.69) is 0 Å². The van der Waals surface area contributed by atoms with Gasteiger partial charge in [-0.2, -0.15) is 0 Å². The average molecular weight is 260 g/mol. The van der Waals surface area contributed by atoms with Crippen molar-refractivity contribution in [3.8, 4) is 0 Å². The summed E-state index contributed by atoms with van der Waals surface area (Å²) in [5.41, 5.74) is 0. The normalized spacial score (nSPS) is 32.8. The second kappa shape index (κ2) is 14.2. The summed E-state index contributed by atoms with van der Waals surface area (Å²) in [6, 6.07) is 0. The molecule has 0 unspecified atom stereocenters. The molecule has 0 saturated carbocycles. The summed E-state index contributed by atoms with van der Waals surface area (Å²) in [4.78, 5) is 0. The molecule has 1 aliphatic heterocycles. The van der Waals surface area contributed by atoms with Crippen LogP contribution in [0.25, 0.3) is 0 Å². The number of rotatable bonds is 2.